The summed E-state index contributed by atoms with van der Waals surface area (Å²) in [6, 6.07) is 13.9. The van der Waals surface area contributed by atoms with Gasteiger partial charge in [0.25, 0.3) is 5.69 Å². The van der Waals surface area contributed by atoms with Gasteiger partial charge in [0.1, 0.15) is 11.6 Å². The van der Waals surface area contributed by atoms with E-state index < -0.39 is 4.92 Å². The summed E-state index contributed by atoms with van der Waals surface area (Å²) < 4.78 is 6.94. The van der Waals surface area contributed by atoms with E-state index in [0.717, 1.165) is 42.2 Å². The Morgan fingerprint density at radius 1 is 1.15 bits per heavy atom. The van der Waals surface area contributed by atoms with E-state index in [1.165, 1.54) is 12.1 Å². The molecule has 0 spiro atoms. The van der Waals surface area contributed by atoms with Gasteiger partial charge < -0.3 is 10.1 Å². The largest absolute Gasteiger partial charge is 0.497 e. The molecule has 0 aliphatic rings. The van der Waals surface area contributed by atoms with Gasteiger partial charge in [-0.2, -0.15) is 0 Å². The molecule has 8 heteroatoms. The summed E-state index contributed by atoms with van der Waals surface area (Å²) in [4.78, 5) is 15.2. The van der Waals surface area contributed by atoms with Crippen LogP contribution in [0.4, 0.5) is 5.69 Å². The molecule has 0 unspecified atom stereocenters. The third kappa shape index (κ3) is 4.29. The van der Waals surface area contributed by atoms with Gasteiger partial charge >= 0.3 is 0 Å². The number of nitro groups is 1. The molecular formula is C19H21N5O3. The van der Waals surface area contributed by atoms with Gasteiger partial charge in [-0.05, 0) is 56.4 Å². The second kappa shape index (κ2) is 8.41. The van der Waals surface area contributed by atoms with Crippen LogP contribution in [-0.4, -0.2) is 40.4 Å². The van der Waals surface area contributed by atoms with E-state index in [-0.39, 0.29) is 5.69 Å². The third-order valence-electron chi connectivity index (χ3n) is 4.15. The second-order valence-corrected chi connectivity index (χ2v) is 5.97. The van der Waals surface area contributed by atoms with Gasteiger partial charge in [-0.1, -0.05) is 0 Å². The number of hydrogen-bond acceptors (Lipinski definition) is 6. The maximum atomic E-state index is 10.9. The van der Waals surface area contributed by atoms with E-state index in [0.29, 0.717) is 5.82 Å². The predicted molar refractivity (Wildman–Crippen MR) is 102 cm³/mol. The van der Waals surface area contributed by atoms with Crippen molar-refractivity contribution < 1.29 is 9.66 Å². The first-order valence-electron chi connectivity index (χ1n) is 8.62. The lowest BCUT2D eigenvalue weighted by Gasteiger charge is -2.05. The predicted octanol–water partition coefficient (Wildman–Crippen LogP) is 3.00. The lowest BCUT2D eigenvalue weighted by atomic mass is 10.2. The number of aryl methyl sites for hydroxylation is 1. The van der Waals surface area contributed by atoms with E-state index in [1.54, 1.807) is 23.9 Å². The summed E-state index contributed by atoms with van der Waals surface area (Å²) in [6.07, 6.45) is 1.64. The monoisotopic (exact) mass is 367 g/mol. The molecule has 0 amide bonds. The summed E-state index contributed by atoms with van der Waals surface area (Å²) >= 11 is 0. The Kier molecular flexibility index (Phi) is 5.77. The average Bonchev–Trinajstić information content (AvgIpc) is 3.12. The lowest BCUT2D eigenvalue weighted by molar-refractivity contribution is -0.384. The molecule has 3 aromatic rings. The minimum absolute atomic E-state index is 0.0472. The van der Waals surface area contributed by atoms with E-state index in [4.69, 9.17) is 9.72 Å². The van der Waals surface area contributed by atoms with Crippen LogP contribution >= 0.6 is 0 Å². The Balaban J connectivity index is 1.96. The molecule has 0 saturated carbocycles. The van der Waals surface area contributed by atoms with Crippen LogP contribution in [0.15, 0.2) is 48.5 Å². The molecule has 8 nitrogen and oxygen atoms in total. The average molecular weight is 367 g/mol. The minimum atomic E-state index is -0.415. The third-order valence-corrected chi connectivity index (χ3v) is 4.15. The highest BCUT2D eigenvalue weighted by molar-refractivity contribution is 5.56. The fourth-order valence-corrected chi connectivity index (χ4v) is 2.71. The Morgan fingerprint density at radius 3 is 2.44 bits per heavy atom. The Hall–Kier alpha value is -3.26. The zero-order valence-electron chi connectivity index (χ0n) is 15.3. The number of nitrogens with zero attached hydrogens (tertiary/aromatic N) is 4. The van der Waals surface area contributed by atoms with E-state index in [1.807, 2.05) is 31.3 Å². The molecular weight excluding hydrogens is 346 g/mol. The molecule has 3 rings (SSSR count). The van der Waals surface area contributed by atoms with Gasteiger partial charge in [0.15, 0.2) is 5.82 Å². The minimum Gasteiger partial charge on any atom is -0.497 e. The van der Waals surface area contributed by atoms with E-state index >= 15 is 0 Å². The number of aromatic nitrogens is 3. The van der Waals surface area contributed by atoms with Crippen LogP contribution in [0, 0.1) is 10.1 Å². The number of benzene rings is 2. The number of nitro benzene ring substituents is 1. The van der Waals surface area contributed by atoms with Crippen LogP contribution in [-0.2, 0) is 6.42 Å². The zero-order chi connectivity index (χ0) is 19.2. The van der Waals surface area contributed by atoms with Crippen molar-refractivity contribution in [2.24, 2.45) is 0 Å². The highest BCUT2D eigenvalue weighted by Crippen LogP contribution is 2.23. The van der Waals surface area contributed by atoms with Crippen molar-refractivity contribution in [3.63, 3.8) is 0 Å². The van der Waals surface area contributed by atoms with Crippen molar-refractivity contribution >= 4 is 5.69 Å². The summed E-state index contributed by atoms with van der Waals surface area (Å²) in [7, 11) is 3.53. The fourth-order valence-electron chi connectivity index (χ4n) is 2.71. The molecule has 140 valence electrons. The zero-order valence-corrected chi connectivity index (χ0v) is 15.3. The maximum Gasteiger partial charge on any atom is 0.269 e. The van der Waals surface area contributed by atoms with Gasteiger partial charge in [-0.3, -0.25) is 10.1 Å². The molecule has 0 saturated heterocycles. The number of nitrogens with one attached hydrogen (secondary N) is 1. The van der Waals surface area contributed by atoms with Gasteiger partial charge in [-0.25, -0.2) is 9.67 Å². The van der Waals surface area contributed by atoms with Crippen molar-refractivity contribution in [2.75, 3.05) is 20.7 Å². The summed E-state index contributed by atoms with van der Waals surface area (Å²) in [6.45, 7) is 0.866. The highest BCUT2D eigenvalue weighted by Gasteiger charge is 2.14. The molecule has 1 N–H and O–H groups in total. The number of methoxy groups -OCH3 is 1. The summed E-state index contributed by atoms with van der Waals surface area (Å²) in [5.41, 5.74) is 1.67. The number of hydrogen-bond donors (Lipinski definition) is 1. The molecule has 0 aliphatic heterocycles. The van der Waals surface area contributed by atoms with Gasteiger partial charge in [-0.15, -0.1) is 5.10 Å². The molecule has 0 radical (unpaired) electrons. The van der Waals surface area contributed by atoms with Crippen molar-refractivity contribution in [1.82, 2.24) is 20.1 Å². The van der Waals surface area contributed by atoms with E-state index in [9.17, 15) is 10.1 Å². The number of ether oxygens (including phenoxy) is 1. The molecule has 0 fully saturated rings. The molecule has 2 aromatic carbocycles. The van der Waals surface area contributed by atoms with Crippen LogP contribution in [0.1, 0.15) is 12.2 Å². The number of non-ortho nitro benzene ring substituents is 1. The van der Waals surface area contributed by atoms with E-state index in [2.05, 4.69) is 10.4 Å². The number of rotatable bonds is 8. The molecule has 1 aromatic heterocycles. The van der Waals surface area contributed by atoms with Gasteiger partial charge in [0.05, 0.1) is 17.7 Å². The Morgan fingerprint density at radius 2 is 1.85 bits per heavy atom. The topological polar surface area (TPSA) is 95.1 Å². The first kappa shape index (κ1) is 18.5. The summed E-state index contributed by atoms with van der Waals surface area (Å²) in [5, 5.41) is 18.6. The fraction of sp³-hybridized carbons (Fsp3) is 0.263. The van der Waals surface area contributed by atoms with Crippen LogP contribution < -0.4 is 10.1 Å². The normalized spacial score (nSPS) is 10.7. The Labute approximate surface area is 157 Å². The van der Waals surface area contributed by atoms with Crippen molar-refractivity contribution in [2.45, 2.75) is 12.8 Å². The van der Waals surface area contributed by atoms with Crippen LogP contribution in [0.25, 0.3) is 17.1 Å². The quantitative estimate of drug-likeness (QED) is 0.374. The molecule has 0 atom stereocenters. The van der Waals surface area contributed by atoms with Gasteiger partial charge in [0.2, 0.25) is 0 Å². The molecule has 27 heavy (non-hydrogen) atoms. The standard InChI is InChI=1S/C19H21N5O3/c1-20-13-3-4-18-21-19(14-5-11-17(27-2)12-6-14)22-23(18)15-7-9-16(10-8-15)24(25)26/h5-12,20H,3-4,13H2,1-2H3. The lowest BCUT2D eigenvalue weighted by Crippen LogP contribution is -2.10. The van der Waals surface area contributed by atoms with Crippen molar-refractivity contribution in [3.8, 4) is 22.8 Å². The van der Waals surface area contributed by atoms with Crippen molar-refractivity contribution in [1.29, 1.82) is 0 Å². The maximum absolute atomic E-state index is 10.9. The highest BCUT2D eigenvalue weighted by atomic mass is 16.6. The smallest absolute Gasteiger partial charge is 0.269 e. The molecule has 1 heterocycles. The van der Waals surface area contributed by atoms with Crippen molar-refractivity contribution in [3.05, 3.63) is 64.5 Å². The summed E-state index contributed by atoms with van der Waals surface area (Å²) in [5.74, 6) is 2.18. The molecule has 0 aliphatic carbocycles. The van der Waals surface area contributed by atoms with Crippen LogP contribution in [0.2, 0.25) is 0 Å². The SMILES string of the molecule is CNCCCc1nc(-c2ccc(OC)cc2)nn1-c1ccc([N+](=O)[O-])cc1. The first-order chi connectivity index (χ1) is 13.1. The first-order valence-corrected chi connectivity index (χ1v) is 8.62. The van der Waals surface area contributed by atoms with Crippen LogP contribution in [0.5, 0.6) is 5.75 Å². The van der Waals surface area contributed by atoms with Crippen LogP contribution in [0.3, 0.4) is 0 Å². The van der Waals surface area contributed by atoms with Gasteiger partial charge in [0, 0.05) is 24.1 Å². The molecule has 0 bridgehead atoms. The second-order valence-electron chi connectivity index (χ2n) is 5.97. The Bertz CT molecular complexity index is 904.